The molecule has 2 aromatic rings. The summed E-state index contributed by atoms with van der Waals surface area (Å²) < 4.78 is 5.40. The molecule has 0 aliphatic carbocycles. The van der Waals surface area contributed by atoms with Gasteiger partial charge in [0.15, 0.2) is 0 Å². The van der Waals surface area contributed by atoms with Gasteiger partial charge in [-0.15, -0.1) is 0 Å². The first-order chi connectivity index (χ1) is 14.6. The lowest BCUT2D eigenvalue weighted by molar-refractivity contribution is -0.907. The predicted octanol–water partition coefficient (Wildman–Crippen LogP) is 0.727. The Morgan fingerprint density at radius 1 is 1.20 bits per heavy atom. The highest BCUT2D eigenvalue weighted by molar-refractivity contribution is 6.46. The Morgan fingerprint density at radius 3 is 2.60 bits per heavy atom. The van der Waals surface area contributed by atoms with Gasteiger partial charge in [0, 0.05) is 18.0 Å². The molecular formula is C23H26N3O4+. The van der Waals surface area contributed by atoms with Crippen LogP contribution in [0, 0.1) is 6.92 Å². The van der Waals surface area contributed by atoms with E-state index >= 15 is 0 Å². The number of morpholine rings is 1. The Bertz CT molecular complexity index is 950. The van der Waals surface area contributed by atoms with E-state index < -0.39 is 17.7 Å². The van der Waals surface area contributed by atoms with Gasteiger partial charge in [0.05, 0.1) is 37.9 Å². The van der Waals surface area contributed by atoms with Gasteiger partial charge in [-0.1, -0.05) is 35.9 Å². The number of ketones is 1. The van der Waals surface area contributed by atoms with E-state index in [1.54, 1.807) is 35.5 Å². The highest BCUT2D eigenvalue weighted by atomic mass is 16.5. The number of carbonyl (C=O) groups excluding carboxylic acids is 2. The van der Waals surface area contributed by atoms with Crippen LogP contribution in [0.25, 0.3) is 5.76 Å². The number of carbonyl (C=O) groups is 2. The van der Waals surface area contributed by atoms with Crippen molar-refractivity contribution in [3.8, 4) is 0 Å². The largest absolute Gasteiger partial charge is 0.507 e. The van der Waals surface area contributed by atoms with Gasteiger partial charge < -0.3 is 19.6 Å². The maximum Gasteiger partial charge on any atom is 0.295 e. The summed E-state index contributed by atoms with van der Waals surface area (Å²) in [6, 6.07) is 10.2. The molecule has 2 aliphatic heterocycles. The fourth-order valence-electron chi connectivity index (χ4n) is 4.05. The van der Waals surface area contributed by atoms with Crippen molar-refractivity contribution in [3.05, 3.63) is 71.1 Å². The van der Waals surface area contributed by atoms with Crippen LogP contribution in [0.5, 0.6) is 0 Å². The number of Topliss-reactive ketones (excluding diaryl/α,β-unsaturated/α-hetero) is 1. The van der Waals surface area contributed by atoms with Gasteiger partial charge in [0.2, 0.25) is 0 Å². The van der Waals surface area contributed by atoms with Crippen molar-refractivity contribution in [1.82, 2.24) is 9.88 Å². The molecule has 0 unspecified atom stereocenters. The number of benzene rings is 1. The third-order valence-corrected chi connectivity index (χ3v) is 5.77. The normalized spacial score (nSPS) is 21.9. The standard InChI is InChI=1S/C23H25N3O4/c1-16-4-6-17(7-5-16)21(27)19-20(18-3-2-8-24-15-18)26(23(29)22(19)28)10-9-25-11-13-30-14-12-25/h2-8,15,20,27H,9-14H2,1H3/p+1/t20-/m1/s1. The van der Waals surface area contributed by atoms with Gasteiger partial charge in [0.1, 0.15) is 18.8 Å². The van der Waals surface area contributed by atoms with E-state index in [-0.39, 0.29) is 11.3 Å². The summed E-state index contributed by atoms with van der Waals surface area (Å²) in [7, 11) is 0. The quantitative estimate of drug-likeness (QED) is 0.433. The zero-order valence-electron chi connectivity index (χ0n) is 17.0. The molecule has 30 heavy (non-hydrogen) atoms. The van der Waals surface area contributed by atoms with Crippen molar-refractivity contribution in [1.29, 1.82) is 0 Å². The average molecular weight is 408 g/mol. The van der Waals surface area contributed by atoms with Crippen LogP contribution in [-0.4, -0.2) is 66.1 Å². The van der Waals surface area contributed by atoms with Gasteiger partial charge in [-0.25, -0.2) is 0 Å². The zero-order valence-corrected chi connectivity index (χ0v) is 17.0. The lowest BCUT2D eigenvalue weighted by atomic mass is 9.96. The summed E-state index contributed by atoms with van der Waals surface area (Å²) in [6.45, 7) is 6.26. The second kappa shape index (κ2) is 8.77. The summed E-state index contributed by atoms with van der Waals surface area (Å²) in [5.74, 6) is -1.38. The number of aryl methyl sites for hydroxylation is 1. The number of aliphatic hydroxyl groups excluding tert-OH is 1. The fourth-order valence-corrected chi connectivity index (χ4v) is 4.05. The molecule has 2 aliphatic rings. The smallest absolute Gasteiger partial charge is 0.295 e. The molecule has 4 rings (SSSR count). The number of nitrogens with zero attached hydrogens (tertiary/aromatic N) is 2. The third-order valence-electron chi connectivity index (χ3n) is 5.77. The van der Waals surface area contributed by atoms with Crippen LogP contribution in [0.4, 0.5) is 0 Å². The Balaban J connectivity index is 1.71. The van der Waals surface area contributed by atoms with Crippen LogP contribution < -0.4 is 4.90 Å². The van der Waals surface area contributed by atoms with Gasteiger partial charge in [0.25, 0.3) is 11.7 Å². The van der Waals surface area contributed by atoms with Crippen molar-refractivity contribution in [2.45, 2.75) is 13.0 Å². The highest BCUT2D eigenvalue weighted by Gasteiger charge is 2.46. The minimum atomic E-state index is -0.654. The van der Waals surface area contributed by atoms with Crippen molar-refractivity contribution in [2.75, 3.05) is 39.4 Å². The molecule has 2 N–H and O–H groups in total. The second-order valence-corrected chi connectivity index (χ2v) is 7.76. The van der Waals surface area contributed by atoms with E-state index in [0.29, 0.717) is 30.9 Å². The summed E-state index contributed by atoms with van der Waals surface area (Å²) >= 11 is 0. The van der Waals surface area contributed by atoms with Crippen molar-refractivity contribution in [2.24, 2.45) is 0 Å². The molecule has 0 bridgehead atoms. The van der Waals surface area contributed by atoms with E-state index in [0.717, 1.165) is 25.2 Å². The molecule has 0 saturated carbocycles. The SMILES string of the molecule is Cc1ccc(C(O)=C2C(=O)C(=O)N(CC[NH+]3CCOCC3)[C@@H]2c2cccnc2)cc1. The topological polar surface area (TPSA) is 84.2 Å². The number of aliphatic hydroxyl groups is 1. The second-order valence-electron chi connectivity index (χ2n) is 7.76. The molecule has 2 fully saturated rings. The number of pyridine rings is 1. The monoisotopic (exact) mass is 408 g/mol. The van der Waals surface area contributed by atoms with E-state index in [1.807, 2.05) is 25.1 Å². The van der Waals surface area contributed by atoms with Crippen LogP contribution in [0.3, 0.4) is 0 Å². The minimum Gasteiger partial charge on any atom is -0.507 e. The number of ether oxygens (including phenoxy) is 1. The molecule has 7 nitrogen and oxygen atoms in total. The highest BCUT2D eigenvalue weighted by Crippen LogP contribution is 2.38. The first-order valence-corrected chi connectivity index (χ1v) is 10.2. The number of quaternary nitrogens is 1. The summed E-state index contributed by atoms with van der Waals surface area (Å²) in [5, 5.41) is 11.0. The van der Waals surface area contributed by atoms with Crippen LogP contribution >= 0.6 is 0 Å². The number of likely N-dealkylation sites (tertiary alicyclic amines) is 1. The van der Waals surface area contributed by atoms with Crippen LogP contribution in [-0.2, 0) is 14.3 Å². The molecule has 0 spiro atoms. The Labute approximate surface area is 175 Å². The number of hydrogen-bond donors (Lipinski definition) is 2. The number of nitrogens with one attached hydrogen (secondary N) is 1. The Morgan fingerprint density at radius 2 is 1.93 bits per heavy atom. The molecule has 7 heteroatoms. The number of amides is 1. The number of rotatable bonds is 5. The molecule has 1 aromatic heterocycles. The fraction of sp³-hybridized carbons (Fsp3) is 0.348. The molecule has 1 amide bonds. The average Bonchev–Trinajstić information content (AvgIpc) is 3.04. The molecule has 0 radical (unpaired) electrons. The lowest BCUT2D eigenvalue weighted by Gasteiger charge is -2.29. The van der Waals surface area contributed by atoms with E-state index in [4.69, 9.17) is 4.74 Å². The van der Waals surface area contributed by atoms with Gasteiger partial charge in [-0.2, -0.15) is 0 Å². The van der Waals surface area contributed by atoms with E-state index in [9.17, 15) is 14.7 Å². The molecule has 156 valence electrons. The Hall–Kier alpha value is -3.03. The minimum absolute atomic E-state index is 0.119. The van der Waals surface area contributed by atoms with Crippen LogP contribution in [0.2, 0.25) is 0 Å². The zero-order chi connectivity index (χ0) is 21.1. The lowest BCUT2D eigenvalue weighted by Crippen LogP contribution is -3.14. The van der Waals surface area contributed by atoms with Gasteiger partial charge in [-0.3, -0.25) is 14.6 Å². The first-order valence-electron chi connectivity index (χ1n) is 10.2. The number of hydrogen-bond acceptors (Lipinski definition) is 5. The maximum atomic E-state index is 13.0. The summed E-state index contributed by atoms with van der Waals surface area (Å²) in [5.41, 5.74) is 2.40. The molecule has 2 saturated heterocycles. The van der Waals surface area contributed by atoms with E-state index in [2.05, 4.69) is 4.98 Å². The first kappa shape index (κ1) is 20.3. The van der Waals surface area contributed by atoms with Crippen LogP contribution in [0.15, 0.2) is 54.4 Å². The van der Waals surface area contributed by atoms with Crippen LogP contribution in [0.1, 0.15) is 22.7 Å². The summed E-state index contributed by atoms with van der Waals surface area (Å²) in [4.78, 5) is 33.0. The van der Waals surface area contributed by atoms with Crippen molar-refractivity contribution < 1.29 is 24.3 Å². The predicted molar refractivity (Wildman–Crippen MR) is 111 cm³/mol. The van der Waals surface area contributed by atoms with Gasteiger partial charge >= 0.3 is 0 Å². The van der Waals surface area contributed by atoms with E-state index in [1.165, 1.54) is 4.90 Å². The summed E-state index contributed by atoms with van der Waals surface area (Å²) in [6.07, 6.45) is 3.29. The molecule has 1 atom stereocenters. The maximum absolute atomic E-state index is 13.0. The van der Waals surface area contributed by atoms with Gasteiger partial charge in [-0.05, 0) is 18.6 Å². The molecule has 3 heterocycles. The molecule has 1 aromatic carbocycles. The Kier molecular flexibility index (Phi) is 5.92. The third kappa shape index (κ3) is 3.99. The van der Waals surface area contributed by atoms with Crippen molar-refractivity contribution >= 4 is 17.4 Å². The number of aromatic nitrogens is 1. The van der Waals surface area contributed by atoms with Crippen molar-refractivity contribution in [3.63, 3.8) is 0 Å². The molecular weight excluding hydrogens is 382 g/mol.